The summed E-state index contributed by atoms with van der Waals surface area (Å²) in [4.78, 5) is 10.2. The fraction of sp³-hybridized carbons (Fsp3) is 0.500. The van der Waals surface area contributed by atoms with Gasteiger partial charge in [-0.3, -0.25) is 10.1 Å². The van der Waals surface area contributed by atoms with Gasteiger partial charge in [0.25, 0.3) is 5.69 Å². The van der Waals surface area contributed by atoms with E-state index in [-0.39, 0.29) is 16.6 Å². The van der Waals surface area contributed by atoms with E-state index in [0.717, 1.165) is 12.8 Å². The van der Waals surface area contributed by atoms with Crippen LogP contribution in [0, 0.1) is 10.1 Å². The first-order valence-corrected chi connectivity index (χ1v) is 7.80. The molecule has 2 rings (SSSR count). The Balaban J connectivity index is 2.57. The maximum absolute atomic E-state index is 12.6. The summed E-state index contributed by atoms with van der Waals surface area (Å²) in [7, 11) is -2.21. The Hall–Kier alpha value is -1.67. The van der Waals surface area contributed by atoms with Crippen LogP contribution >= 0.6 is 0 Å². The van der Waals surface area contributed by atoms with Crippen molar-refractivity contribution in [3.8, 4) is 0 Å². The zero-order valence-electron chi connectivity index (χ0n) is 11.4. The summed E-state index contributed by atoms with van der Waals surface area (Å²) >= 11 is 0. The van der Waals surface area contributed by atoms with Crippen LogP contribution in [-0.4, -0.2) is 37.3 Å². The summed E-state index contributed by atoms with van der Waals surface area (Å²) in [6.45, 7) is 2.22. The highest BCUT2D eigenvalue weighted by Gasteiger charge is 2.37. The van der Waals surface area contributed by atoms with Crippen LogP contribution in [0.5, 0.6) is 0 Å². The van der Waals surface area contributed by atoms with E-state index in [2.05, 4.69) is 5.32 Å². The predicted molar refractivity (Wildman–Crippen MR) is 75.2 cm³/mol. The molecule has 1 N–H and O–H groups in total. The molecule has 1 aromatic carbocycles. The van der Waals surface area contributed by atoms with Crippen LogP contribution in [0.25, 0.3) is 0 Å². The van der Waals surface area contributed by atoms with E-state index in [9.17, 15) is 18.5 Å². The van der Waals surface area contributed by atoms with E-state index < -0.39 is 14.9 Å². The molecule has 0 bridgehead atoms. The van der Waals surface area contributed by atoms with Gasteiger partial charge in [0.1, 0.15) is 0 Å². The Kier molecular flexibility index (Phi) is 3.96. The van der Waals surface area contributed by atoms with Crippen LogP contribution in [0.1, 0.15) is 19.8 Å². The monoisotopic (exact) mass is 299 g/mol. The average Bonchev–Trinajstić information content (AvgIpc) is 2.84. The molecule has 1 aliphatic heterocycles. The minimum absolute atomic E-state index is 0.127. The Morgan fingerprint density at radius 2 is 2.15 bits per heavy atom. The summed E-state index contributed by atoms with van der Waals surface area (Å²) in [6, 6.07) is 3.90. The summed E-state index contributed by atoms with van der Waals surface area (Å²) in [5, 5.41) is 13.9. The number of nitrogens with zero attached hydrogens (tertiary/aromatic N) is 2. The second kappa shape index (κ2) is 5.37. The number of nitro benzene ring substituents is 1. The van der Waals surface area contributed by atoms with Gasteiger partial charge in [-0.15, -0.1) is 0 Å². The highest BCUT2D eigenvalue weighted by molar-refractivity contribution is 7.89. The average molecular weight is 299 g/mol. The first kappa shape index (κ1) is 14.7. The van der Waals surface area contributed by atoms with Crippen LogP contribution in [0.4, 0.5) is 11.4 Å². The number of rotatable bonds is 4. The fourth-order valence-corrected chi connectivity index (χ4v) is 4.30. The molecule has 0 saturated carbocycles. The van der Waals surface area contributed by atoms with Crippen LogP contribution in [-0.2, 0) is 10.0 Å². The van der Waals surface area contributed by atoms with Crippen molar-refractivity contribution in [2.24, 2.45) is 0 Å². The molecule has 7 nitrogen and oxygen atoms in total. The molecule has 1 heterocycles. The van der Waals surface area contributed by atoms with Crippen molar-refractivity contribution in [3.05, 3.63) is 28.3 Å². The molecule has 0 aromatic heterocycles. The number of hydrogen-bond acceptors (Lipinski definition) is 5. The molecule has 110 valence electrons. The molecule has 1 aliphatic rings. The minimum Gasteiger partial charge on any atom is -0.388 e. The van der Waals surface area contributed by atoms with Crippen molar-refractivity contribution in [1.29, 1.82) is 0 Å². The number of anilines is 1. The van der Waals surface area contributed by atoms with Gasteiger partial charge >= 0.3 is 0 Å². The zero-order valence-corrected chi connectivity index (χ0v) is 12.2. The van der Waals surface area contributed by atoms with E-state index in [1.165, 1.54) is 22.5 Å². The SMILES string of the molecule is CNc1ccc([N+](=O)[O-])c(S(=O)(=O)N2CCCC2C)c1. The maximum Gasteiger partial charge on any atom is 0.289 e. The van der Waals surface area contributed by atoms with Crippen molar-refractivity contribution in [1.82, 2.24) is 4.31 Å². The number of nitrogens with one attached hydrogen (secondary N) is 1. The molecular formula is C12H17N3O4S. The maximum atomic E-state index is 12.6. The number of nitro groups is 1. The lowest BCUT2D eigenvalue weighted by Crippen LogP contribution is -2.34. The molecule has 0 aliphatic carbocycles. The predicted octanol–water partition coefficient (Wildman–Crippen LogP) is 1.81. The van der Waals surface area contributed by atoms with Crippen LogP contribution in [0.15, 0.2) is 23.1 Å². The first-order chi connectivity index (χ1) is 9.37. The van der Waals surface area contributed by atoms with Gasteiger partial charge < -0.3 is 5.32 Å². The van der Waals surface area contributed by atoms with Gasteiger partial charge in [-0.05, 0) is 31.9 Å². The molecular weight excluding hydrogens is 282 g/mol. The largest absolute Gasteiger partial charge is 0.388 e. The highest BCUT2D eigenvalue weighted by atomic mass is 32.2. The summed E-state index contributed by atoms with van der Waals surface area (Å²) in [6.07, 6.45) is 1.55. The van der Waals surface area contributed by atoms with Gasteiger partial charge in [0, 0.05) is 31.4 Å². The molecule has 1 unspecified atom stereocenters. The van der Waals surface area contributed by atoms with E-state index in [4.69, 9.17) is 0 Å². The van der Waals surface area contributed by atoms with Gasteiger partial charge in [0.2, 0.25) is 10.0 Å². The fourth-order valence-electron chi connectivity index (χ4n) is 2.42. The zero-order chi connectivity index (χ0) is 14.9. The van der Waals surface area contributed by atoms with Gasteiger partial charge in [0.05, 0.1) is 4.92 Å². The molecule has 20 heavy (non-hydrogen) atoms. The normalized spacial score (nSPS) is 20.0. The molecule has 1 fully saturated rings. The number of benzene rings is 1. The Morgan fingerprint density at radius 1 is 1.45 bits per heavy atom. The van der Waals surface area contributed by atoms with Crippen molar-refractivity contribution in [2.45, 2.75) is 30.7 Å². The van der Waals surface area contributed by atoms with Gasteiger partial charge in [-0.25, -0.2) is 8.42 Å². The highest BCUT2D eigenvalue weighted by Crippen LogP contribution is 2.32. The molecule has 0 radical (unpaired) electrons. The molecule has 1 aromatic rings. The van der Waals surface area contributed by atoms with Crippen LogP contribution < -0.4 is 5.32 Å². The third kappa shape index (κ3) is 2.48. The topological polar surface area (TPSA) is 92.5 Å². The second-order valence-corrected chi connectivity index (χ2v) is 6.66. The molecule has 1 saturated heterocycles. The van der Waals surface area contributed by atoms with Crippen LogP contribution in [0.3, 0.4) is 0 Å². The second-order valence-electron chi connectivity index (χ2n) is 4.80. The van der Waals surface area contributed by atoms with E-state index in [1.54, 1.807) is 7.05 Å². The first-order valence-electron chi connectivity index (χ1n) is 6.36. The number of hydrogen-bond donors (Lipinski definition) is 1. The lowest BCUT2D eigenvalue weighted by molar-refractivity contribution is -0.387. The number of sulfonamides is 1. The lowest BCUT2D eigenvalue weighted by atomic mass is 10.3. The van der Waals surface area contributed by atoms with E-state index >= 15 is 0 Å². The van der Waals surface area contributed by atoms with Gasteiger partial charge in [0.15, 0.2) is 4.90 Å². The molecule has 0 amide bonds. The van der Waals surface area contributed by atoms with Gasteiger partial charge in [-0.2, -0.15) is 4.31 Å². The summed E-state index contributed by atoms with van der Waals surface area (Å²) in [5.41, 5.74) is 0.143. The third-order valence-corrected chi connectivity index (χ3v) is 5.57. The third-order valence-electron chi connectivity index (χ3n) is 3.52. The minimum atomic E-state index is -3.84. The molecule has 0 spiro atoms. The summed E-state index contributed by atoms with van der Waals surface area (Å²) < 4.78 is 26.6. The van der Waals surface area contributed by atoms with Crippen LogP contribution in [0.2, 0.25) is 0 Å². The molecule has 1 atom stereocenters. The Labute approximate surface area is 117 Å². The van der Waals surface area contributed by atoms with E-state index in [0.29, 0.717) is 12.2 Å². The van der Waals surface area contributed by atoms with Crippen molar-refractivity contribution in [2.75, 3.05) is 18.9 Å². The van der Waals surface area contributed by atoms with Crippen molar-refractivity contribution < 1.29 is 13.3 Å². The van der Waals surface area contributed by atoms with Gasteiger partial charge in [-0.1, -0.05) is 0 Å². The standard InChI is InChI=1S/C12H17N3O4S/c1-9-4-3-7-14(9)20(18,19)12-8-10(13-2)5-6-11(12)15(16)17/h5-6,8-9,13H,3-4,7H2,1-2H3. The Bertz CT molecular complexity index is 630. The quantitative estimate of drug-likeness (QED) is 0.676. The Morgan fingerprint density at radius 3 is 2.65 bits per heavy atom. The lowest BCUT2D eigenvalue weighted by Gasteiger charge is -2.21. The summed E-state index contributed by atoms with van der Waals surface area (Å²) in [5.74, 6) is 0. The van der Waals surface area contributed by atoms with Crippen molar-refractivity contribution in [3.63, 3.8) is 0 Å². The smallest absolute Gasteiger partial charge is 0.289 e. The molecule has 8 heteroatoms. The van der Waals surface area contributed by atoms with E-state index in [1.807, 2.05) is 6.92 Å². The van der Waals surface area contributed by atoms with Crippen molar-refractivity contribution >= 4 is 21.4 Å².